The molecule has 2 N–H and O–H groups in total. The molecule has 5 rings (SSSR count). The van der Waals surface area contributed by atoms with Crippen molar-refractivity contribution in [3.05, 3.63) is 144 Å². The number of rotatable bonds is 12. The summed E-state index contributed by atoms with van der Waals surface area (Å²) in [4.78, 5) is 26.6. The Morgan fingerprint density at radius 2 is 1.34 bits per heavy atom. The summed E-state index contributed by atoms with van der Waals surface area (Å²) < 4.78 is 7.24. The van der Waals surface area contributed by atoms with Gasteiger partial charge in [0.15, 0.2) is 0 Å². The van der Waals surface area contributed by atoms with E-state index in [1.165, 1.54) is 0 Å². The molecule has 220 valence electrons. The Bertz CT molecular complexity index is 1710. The van der Waals surface area contributed by atoms with Gasteiger partial charge in [0.1, 0.15) is 12.6 Å². The van der Waals surface area contributed by atoms with E-state index in [1.807, 2.05) is 109 Å². The largest absolute Gasteiger partial charge is 0.461 e. The Balaban J connectivity index is 1.33. The molecule has 2 atom stereocenters. The third kappa shape index (κ3) is 7.88. The molecule has 1 aromatic heterocycles. The number of nitrogens with one attached hydrogen (secondary N) is 1. The van der Waals surface area contributed by atoms with E-state index in [2.05, 4.69) is 11.4 Å². The zero-order chi connectivity index (χ0) is 30.7. The Labute approximate surface area is 257 Å². The van der Waals surface area contributed by atoms with Crippen molar-refractivity contribution >= 4 is 11.9 Å². The highest BCUT2D eigenvalue weighted by Gasteiger charge is 2.27. The average molecular weight is 584 g/mol. The fourth-order valence-electron chi connectivity index (χ4n) is 5.02. The molecule has 4 aromatic carbocycles. The summed E-state index contributed by atoms with van der Waals surface area (Å²) in [7, 11) is 0. The number of benzene rings is 4. The first-order chi connectivity index (χ1) is 21.5. The lowest BCUT2D eigenvalue weighted by molar-refractivity contribution is -0.147. The second kappa shape index (κ2) is 14.6. The van der Waals surface area contributed by atoms with Crippen LogP contribution in [0.15, 0.2) is 128 Å². The maximum absolute atomic E-state index is 13.6. The van der Waals surface area contributed by atoms with Gasteiger partial charge in [-0.15, -0.1) is 0 Å². The summed E-state index contributed by atoms with van der Waals surface area (Å²) in [6, 6.07) is 37.1. The standard InChI is InChI=1S/C37H33N3O4/c38-23-28-11-13-30(14-12-28)31-15-17-32(18-16-31)33-19-20-40(24-33)35(22-36(42)44-26-29-9-5-2-6-10-29)37(43)39-34(25-41)21-27-7-3-1-4-8-27/h1-20,24,34-35,41H,21-22,25-26H2,(H,39,43)/t34-,35+/m0/s1. The predicted molar refractivity (Wildman–Crippen MR) is 169 cm³/mol. The van der Waals surface area contributed by atoms with Gasteiger partial charge in [0, 0.05) is 12.4 Å². The number of carbonyl (C=O) groups is 2. The van der Waals surface area contributed by atoms with Gasteiger partial charge in [-0.25, -0.2) is 0 Å². The minimum Gasteiger partial charge on any atom is -0.461 e. The zero-order valence-electron chi connectivity index (χ0n) is 24.2. The molecule has 0 aliphatic carbocycles. The summed E-state index contributed by atoms with van der Waals surface area (Å²) in [6.07, 6.45) is 3.91. The summed E-state index contributed by atoms with van der Waals surface area (Å²) in [5.41, 5.74) is 6.31. The molecule has 0 bridgehead atoms. The van der Waals surface area contributed by atoms with Crippen LogP contribution in [0.5, 0.6) is 0 Å². The van der Waals surface area contributed by atoms with Gasteiger partial charge < -0.3 is 19.7 Å². The first-order valence-electron chi connectivity index (χ1n) is 14.5. The number of aliphatic hydroxyl groups is 1. The summed E-state index contributed by atoms with van der Waals surface area (Å²) in [5.74, 6) is -0.880. The normalized spacial score (nSPS) is 12.1. The smallest absolute Gasteiger partial charge is 0.308 e. The number of nitrogens with zero attached hydrogens (tertiary/aromatic N) is 2. The van der Waals surface area contributed by atoms with Crippen LogP contribution in [0.3, 0.4) is 0 Å². The summed E-state index contributed by atoms with van der Waals surface area (Å²) in [6.45, 7) is -0.127. The van der Waals surface area contributed by atoms with Crippen molar-refractivity contribution in [3.8, 4) is 28.3 Å². The maximum atomic E-state index is 13.6. The first-order valence-corrected chi connectivity index (χ1v) is 14.5. The number of hydrogen-bond acceptors (Lipinski definition) is 5. The van der Waals surface area contributed by atoms with Crippen LogP contribution in [0.25, 0.3) is 22.3 Å². The van der Waals surface area contributed by atoms with Crippen LogP contribution in [0, 0.1) is 11.3 Å². The molecule has 44 heavy (non-hydrogen) atoms. The average Bonchev–Trinajstić information content (AvgIpc) is 3.57. The van der Waals surface area contributed by atoms with Crippen LogP contribution >= 0.6 is 0 Å². The molecule has 1 amide bonds. The van der Waals surface area contributed by atoms with E-state index >= 15 is 0 Å². The predicted octanol–water partition coefficient (Wildman–Crippen LogP) is 6.09. The van der Waals surface area contributed by atoms with Crippen molar-refractivity contribution < 1.29 is 19.4 Å². The van der Waals surface area contributed by atoms with E-state index in [-0.39, 0.29) is 25.5 Å². The van der Waals surface area contributed by atoms with E-state index in [0.29, 0.717) is 12.0 Å². The van der Waals surface area contributed by atoms with Crippen molar-refractivity contribution in [2.75, 3.05) is 6.61 Å². The van der Waals surface area contributed by atoms with Crippen molar-refractivity contribution in [2.45, 2.75) is 31.5 Å². The van der Waals surface area contributed by atoms with Gasteiger partial charge >= 0.3 is 5.97 Å². The van der Waals surface area contributed by atoms with Gasteiger partial charge in [-0.1, -0.05) is 97.1 Å². The minimum absolute atomic E-state index is 0.115. The van der Waals surface area contributed by atoms with E-state index in [1.54, 1.807) is 22.9 Å². The quantitative estimate of drug-likeness (QED) is 0.173. The van der Waals surface area contributed by atoms with Gasteiger partial charge in [0.25, 0.3) is 0 Å². The number of aromatic nitrogens is 1. The third-order valence-electron chi connectivity index (χ3n) is 7.44. The second-order valence-electron chi connectivity index (χ2n) is 10.6. The monoisotopic (exact) mass is 583 g/mol. The summed E-state index contributed by atoms with van der Waals surface area (Å²) >= 11 is 0. The Morgan fingerprint density at radius 1 is 0.773 bits per heavy atom. The summed E-state index contributed by atoms with van der Waals surface area (Å²) in [5, 5.41) is 22.0. The van der Waals surface area contributed by atoms with Crippen molar-refractivity contribution in [1.82, 2.24) is 9.88 Å². The van der Waals surface area contributed by atoms with Crippen LogP contribution < -0.4 is 5.32 Å². The highest BCUT2D eigenvalue weighted by atomic mass is 16.5. The number of nitriles is 1. The van der Waals surface area contributed by atoms with Gasteiger partial charge in [0.05, 0.1) is 30.7 Å². The van der Waals surface area contributed by atoms with Crippen molar-refractivity contribution in [3.63, 3.8) is 0 Å². The number of hydrogen-bond donors (Lipinski definition) is 2. The molecule has 0 aliphatic heterocycles. The lowest BCUT2D eigenvalue weighted by Gasteiger charge is -2.22. The molecule has 7 heteroatoms. The molecular formula is C37H33N3O4. The number of carbonyl (C=O) groups excluding carboxylic acids is 2. The Kier molecular flexibility index (Phi) is 9.98. The number of aliphatic hydroxyl groups excluding tert-OH is 1. The van der Waals surface area contributed by atoms with Crippen LogP contribution in [0.4, 0.5) is 0 Å². The van der Waals surface area contributed by atoms with Gasteiger partial charge in [-0.2, -0.15) is 5.26 Å². The van der Waals surface area contributed by atoms with E-state index in [9.17, 15) is 14.7 Å². The van der Waals surface area contributed by atoms with Gasteiger partial charge in [-0.05, 0) is 58.0 Å². The third-order valence-corrected chi connectivity index (χ3v) is 7.44. The molecule has 1 heterocycles. The lowest BCUT2D eigenvalue weighted by Crippen LogP contribution is -2.43. The fraction of sp³-hybridized carbons (Fsp3) is 0.162. The molecule has 0 fully saturated rings. The molecule has 7 nitrogen and oxygen atoms in total. The lowest BCUT2D eigenvalue weighted by atomic mass is 10.0. The molecule has 0 saturated heterocycles. The highest BCUT2D eigenvalue weighted by molar-refractivity contribution is 5.86. The van der Waals surface area contributed by atoms with Crippen LogP contribution in [0.2, 0.25) is 0 Å². The van der Waals surface area contributed by atoms with Crippen LogP contribution in [-0.2, 0) is 27.4 Å². The molecule has 5 aromatic rings. The van der Waals surface area contributed by atoms with Gasteiger partial charge in [0.2, 0.25) is 5.91 Å². The van der Waals surface area contributed by atoms with Crippen LogP contribution in [0.1, 0.15) is 29.2 Å². The van der Waals surface area contributed by atoms with E-state index in [0.717, 1.165) is 33.4 Å². The fourth-order valence-corrected chi connectivity index (χ4v) is 5.02. The molecule has 0 aliphatic rings. The Morgan fingerprint density at radius 3 is 1.93 bits per heavy atom. The molecule has 0 saturated carbocycles. The maximum Gasteiger partial charge on any atom is 0.308 e. The molecule has 0 radical (unpaired) electrons. The topological polar surface area (TPSA) is 104 Å². The first kappa shape index (κ1) is 30.0. The highest BCUT2D eigenvalue weighted by Crippen LogP contribution is 2.27. The molecule has 0 unspecified atom stereocenters. The van der Waals surface area contributed by atoms with E-state index in [4.69, 9.17) is 10.00 Å². The SMILES string of the molecule is N#Cc1ccc(-c2ccc(-c3ccn([C@H](CC(=O)OCc4ccccc4)C(=O)N[C@H](CO)Cc4ccccc4)c3)cc2)cc1. The second-order valence-corrected chi connectivity index (χ2v) is 10.6. The van der Waals surface area contributed by atoms with E-state index < -0.39 is 18.1 Å². The van der Waals surface area contributed by atoms with Crippen LogP contribution in [-0.4, -0.2) is 34.2 Å². The minimum atomic E-state index is -0.880. The molecular weight excluding hydrogens is 550 g/mol. The molecule has 0 spiro atoms. The zero-order valence-corrected chi connectivity index (χ0v) is 24.2. The number of amides is 1. The Hall–Kier alpha value is -5.45. The van der Waals surface area contributed by atoms with Gasteiger partial charge in [-0.3, -0.25) is 9.59 Å². The van der Waals surface area contributed by atoms with Crippen molar-refractivity contribution in [1.29, 1.82) is 5.26 Å². The number of ether oxygens (including phenoxy) is 1. The van der Waals surface area contributed by atoms with Crippen molar-refractivity contribution in [2.24, 2.45) is 0 Å². The number of esters is 1.